The molecule has 162 valence electrons. The van der Waals surface area contributed by atoms with Crippen LogP contribution in [-0.4, -0.2) is 46.1 Å². The third-order valence-electron chi connectivity index (χ3n) is 5.68. The van der Waals surface area contributed by atoms with Gasteiger partial charge in [-0.25, -0.2) is 0 Å². The maximum Gasteiger partial charge on any atom is 0.264 e. The second-order valence-electron chi connectivity index (χ2n) is 7.65. The molecule has 0 radical (unpaired) electrons. The Kier molecular flexibility index (Phi) is 5.45. The molecule has 1 aromatic heterocycles. The molecule has 2 aromatic carbocycles. The van der Waals surface area contributed by atoms with E-state index in [1.165, 1.54) is 11.3 Å². The molecule has 2 N–H and O–H groups in total. The van der Waals surface area contributed by atoms with Gasteiger partial charge in [0.15, 0.2) is 0 Å². The summed E-state index contributed by atoms with van der Waals surface area (Å²) in [6.07, 6.45) is 0. The number of carbonyl (C=O) groups is 1. The topological polar surface area (TPSA) is 64.0 Å². The summed E-state index contributed by atoms with van der Waals surface area (Å²) >= 11 is 13.9. The lowest BCUT2D eigenvalue weighted by atomic mass is 10.1. The first-order valence-electron chi connectivity index (χ1n) is 9.81. The highest BCUT2D eigenvalue weighted by Crippen LogP contribution is 2.60. The minimum atomic E-state index is -2.89. The van der Waals surface area contributed by atoms with E-state index in [1.54, 1.807) is 18.2 Å². The Balaban J connectivity index is 1.35. The predicted molar refractivity (Wildman–Crippen MR) is 129 cm³/mol. The van der Waals surface area contributed by atoms with Crippen molar-refractivity contribution in [3.63, 3.8) is 0 Å². The lowest BCUT2D eigenvalue weighted by molar-refractivity contribution is 0.0751. The molecule has 1 saturated heterocycles. The average molecular weight is 495 g/mol. The Labute approximate surface area is 196 Å². The van der Waals surface area contributed by atoms with Gasteiger partial charge in [0.05, 0.1) is 26.2 Å². The monoisotopic (exact) mass is 494 g/mol. The fourth-order valence-corrected chi connectivity index (χ4v) is 7.52. The fraction of sp³-hybridized carbons (Fsp3) is 0.227. The minimum absolute atomic E-state index is 0.0230. The minimum Gasteiger partial charge on any atom is -0.367 e. The van der Waals surface area contributed by atoms with Crippen molar-refractivity contribution in [2.24, 2.45) is 0 Å². The second-order valence-corrected chi connectivity index (χ2v) is 11.6. The first kappa shape index (κ1) is 21.1. The number of benzene rings is 2. The van der Waals surface area contributed by atoms with Gasteiger partial charge in [-0.15, -0.1) is 11.3 Å². The van der Waals surface area contributed by atoms with Crippen LogP contribution in [0.1, 0.15) is 15.2 Å². The zero-order chi connectivity index (χ0) is 21.8. The van der Waals surface area contributed by atoms with Crippen molar-refractivity contribution in [1.29, 1.82) is 0 Å². The Morgan fingerprint density at radius 2 is 1.74 bits per heavy atom. The Hall–Kier alpha value is -1.74. The van der Waals surface area contributed by atoms with Gasteiger partial charge in [0, 0.05) is 41.6 Å². The summed E-state index contributed by atoms with van der Waals surface area (Å²) in [4.78, 5) is 19.3. The molecule has 31 heavy (non-hydrogen) atoms. The van der Waals surface area contributed by atoms with Gasteiger partial charge in [0.2, 0.25) is 0 Å². The molecule has 2 aliphatic heterocycles. The summed E-state index contributed by atoms with van der Waals surface area (Å²) < 4.78 is 21.1. The fourth-order valence-electron chi connectivity index (χ4n) is 4.14. The van der Waals surface area contributed by atoms with E-state index < -0.39 is 10.6 Å². The van der Waals surface area contributed by atoms with Crippen molar-refractivity contribution in [2.75, 3.05) is 31.1 Å². The number of carbonyl (C=O) groups excluding carboxylic acids is 1. The Morgan fingerprint density at radius 3 is 2.52 bits per heavy atom. The van der Waals surface area contributed by atoms with Gasteiger partial charge in [-0.05, 0) is 35.9 Å². The molecule has 3 heterocycles. The highest BCUT2D eigenvalue weighted by molar-refractivity contribution is 8.23. The van der Waals surface area contributed by atoms with E-state index in [4.69, 9.17) is 23.2 Å². The Morgan fingerprint density at radius 1 is 1.00 bits per heavy atom. The number of hydrogen-bond acceptors (Lipinski definition) is 5. The molecule has 0 spiro atoms. The number of hydrogen-bond donors (Lipinski definition) is 2. The molecule has 2 aliphatic rings. The first-order valence-corrected chi connectivity index (χ1v) is 13.1. The summed E-state index contributed by atoms with van der Waals surface area (Å²) in [5, 5.41) is 1.28. The van der Waals surface area contributed by atoms with Crippen LogP contribution in [0, 0.1) is 0 Å². The molecule has 0 atom stereocenters. The number of amides is 1. The summed E-state index contributed by atoms with van der Waals surface area (Å²) in [7, 11) is -2.89. The lowest BCUT2D eigenvalue weighted by Crippen LogP contribution is -2.48. The highest BCUT2D eigenvalue weighted by Gasteiger charge is 2.32. The normalized spacial score (nSPS) is 18.3. The summed E-state index contributed by atoms with van der Waals surface area (Å²) in [6.45, 7) is 2.49. The van der Waals surface area contributed by atoms with Crippen molar-refractivity contribution in [3.05, 3.63) is 69.0 Å². The van der Waals surface area contributed by atoms with Crippen molar-refractivity contribution in [1.82, 2.24) is 4.90 Å². The van der Waals surface area contributed by atoms with Crippen LogP contribution >= 0.6 is 45.1 Å². The molecule has 5 nitrogen and oxygen atoms in total. The summed E-state index contributed by atoms with van der Waals surface area (Å²) in [5.74, 6) is 0.134. The molecule has 1 fully saturated rings. The zero-order valence-electron chi connectivity index (χ0n) is 16.4. The molecule has 9 heteroatoms. The zero-order valence-corrected chi connectivity index (χ0v) is 19.6. The van der Waals surface area contributed by atoms with Crippen LogP contribution in [0.25, 0.3) is 10.4 Å². The van der Waals surface area contributed by atoms with Crippen LogP contribution in [0.2, 0.25) is 10.0 Å². The van der Waals surface area contributed by atoms with Crippen LogP contribution in [0.3, 0.4) is 0 Å². The van der Waals surface area contributed by atoms with E-state index >= 15 is 0 Å². The third kappa shape index (κ3) is 3.84. The average Bonchev–Trinajstić information content (AvgIpc) is 3.18. The number of rotatable bonds is 2. The molecular formula is C22H20Cl2N2O3S2. The van der Waals surface area contributed by atoms with E-state index in [0.717, 1.165) is 21.7 Å². The van der Waals surface area contributed by atoms with Crippen LogP contribution in [-0.2, 0) is 5.75 Å². The number of thiophene rings is 1. The van der Waals surface area contributed by atoms with Crippen LogP contribution in [0.5, 0.6) is 0 Å². The maximum atomic E-state index is 13.2. The molecule has 5 rings (SSSR count). The largest absolute Gasteiger partial charge is 0.367 e. The van der Waals surface area contributed by atoms with Gasteiger partial charge in [-0.3, -0.25) is 13.9 Å². The van der Waals surface area contributed by atoms with E-state index in [0.29, 0.717) is 46.0 Å². The number of piperazine rings is 1. The maximum absolute atomic E-state index is 13.2. The molecule has 0 aliphatic carbocycles. The number of halogens is 2. The van der Waals surface area contributed by atoms with Gasteiger partial charge in [-0.2, -0.15) is 10.6 Å². The van der Waals surface area contributed by atoms with E-state index in [1.807, 2.05) is 35.2 Å². The predicted octanol–water partition coefficient (Wildman–Crippen LogP) is 6.31. The van der Waals surface area contributed by atoms with Crippen molar-refractivity contribution < 1.29 is 13.9 Å². The Bertz CT molecular complexity index is 1170. The summed E-state index contributed by atoms with van der Waals surface area (Å²) in [6, 6.07) is 14.6. The van der Waals surface area contributed by atoms with Gasteiger partial charge in [-0.1, -0.05) is 41.4 Å². The standard InChI is InChI=1S/C22H20Cl2N2O3S2/c23-15-5-6-17(24)18(12-15)25-7-9-26(10-8-25)22(27)19-11-14-13-31(28,29)20-4-2-1-3-16(20)21(14)30-19/h1-6,11-12,28-29H,7-10,13H2. The molecule has 0 saturated carbocycles. The van der Waals surface area contributed by atoms with Crippen LogP contribution in [0.4, 0.5) is 5.69 Å². The van der Waals surface area contributed by atoms with Crippen LogP contribution < -0.4 is 4.90 Å². The molecule has 1 amide bonds. The molecular weight excluding hydrogens is 475 g/mol. The second kappa shape index (κ2) is 7.99. The van der Waals surface area contributed by atoms with E-state index in [-0.39, 0.29) is 11.7 Å². The third-order valence-corrected chi connectivity index (χ3v) is 9.20. The van der Waals surface area contributed by atoms with Gasteiger partial charge < -0.3 is 9.80 Å². The van der Waals surface area contributed by atoms with Gasteiger partial charge in [0.25, 0.3) is 5.91 Å². The quantitative estimate of drug-likeness (QED) is 0.438. The van der Waals surface area contributed by atoms with Gasteiger partial charge >= 0.3 is 0 Å². The van der Waals surface area contributed by atoms with E-state index in [2.05, 4.69) is 4.90 Å². The number of anilines is 1. The van der Waals surface area contributed by atoms with Crippen LogP contribution in [0.15, 0.2) is 53.4 Å². The van der Waals surface area contributed by atoms with Crippen molar-refractivity contribution in [2.45, 2.75) is 10.6 Å². The molecule has 3 aromatic rings. The summed E-state index contributed by atoms with van der Waals surface area (Å²) in [5.41, 5.74) is 2.53. The SMILES string of the molecule is O=C(c1cc2c(s1)-c1ccccc1S(O)(O)C2)N1CCN(c2cc(Cl)ccc2Cl)CC1. The van der Waals surface area contributed by atoms with Gasteiger partial charge in [0.1, 0.15) is 0 Å². The number of fused-ring (bicyclic) bond motifs is 3. The molecule has 0 unspecified atom stereocenters. The first-order chi connectivity index (χ1) is 14.8. The lowest BCUT2D eigenvalue weighted by Gasteiger charge is -2.37. The highest BCUT2D eigenvalue weighted by atomic mass is 35.5. The number of nitrogens with zero attached hydrogens (tertiary/aromatic N) is 2. The van der Waals surface area contributed by atoms with E-state index in [9.17, 15) is 13.9 Å². The van der Waals surface area contributed by atoms with Crippen molar-refractivity contribution >= 4 is 56.7 Å². The molecule has 0 bridgehead atoms. The smallest absolute Gasteiger partial charge is 0.264 e. The van der Waals surface area contributed by atoms with Crippen molar-refractivity contribution in [3.8, 4) is 10.4 Å².